The van der Waals surface area contributed by atoms with E-state index in [2.05, 4.69) is 85.2 Å². The molecule has 0 spiro atoms. The SMILES string of the molecule is Cc1cc[n+](C)c(-c2c(C)c3ccccc3c3c2oc2nc(C)ccc23)c1. The third kappa shape index (κ3) is 2.28. The molecule has 27 heavy (non-hydrogen) atoms. The lowest BCUT2D eigenvalue weighted by Crippen LogP contribution is -2.30. The first kappa shape index (κ1) is 16.0. The van der Waals surface area contributed by atoms with Crippen LogP contribution in [0.1, 0.15) is 16.8 Å². The first-order chi connectivity index (χ1) is 13.0. The van der Waals surface area contributed by atoms with Crippen LogP contribution in [0.25, 0.3) is 44.1 Å². The fourth-order valence-electron chi connectivity index (χ4n) is 4.08. The molecule has 5 rings (SSSR count). The molecule has 3 heterocycles. The zero-order chi connectivity index (χ0) is 18.7. The van der Waals surface area contributed by atoms with Crippen molar-refractivity contribution in [2.75, 3.05) is 0 Å². The van der Waals surface area contributed by atoms with E-state index < -0.39 is 0 Å². The van der Waals surface area contributed by atoms with Gasteiger partial charge in [-0.3, -0.25) is 0 Å². The molecule has 0 radical (unpaired) electrons. The van der Waals surface area contributed by atoms with E-state index >= 15 is 0 Å². The van der Waals surface area contributed by atoms with Crippen LogP contribution in [0.5, 0.6) is 0 Å². The molecule has 5 aromatic rings. The number of rotatable bonds is 1. The fraction of sp³-hybridized carbons (Fsp3) is 0.167. The van der Waals surface area contributed by atoms with E-state index in [0.717, 1.165) is 33.3 Å². The Morgan fingerprint density at radius 3 is 2.48 bits per heavy atom. The second kappa shape index (κ2) is 5.65. The van der Waals surface area contributed by atoms with Gasteiger partial charge in [0.1, 0.15) is 7.05 Å². The summed E-state index contributed by atoms with van der Waals surface area (Å²) in [5.41, 5.74) is 7.34. The predicted molar refractivity (Wildman–Crippen MR) is 110 cm³/mol. The van der Waals surface area contributed by atoms with E-state index in [0.29, 0.717) is 5.71 Å². The van der Waals surface area contributed by atoms with Crippen molar-refractivity contribution in [3.8, 4) is 11.3 Å². The van der Waals surface area contributed by atoms with Crippen molar-refractivity contribution in [1.82, 2.24) is 4.98 Å². The predicted octanol–water partition coefficient (Wildman–Crippen LogP) is 5.55. The molecule has 3 nitrogen and oxygen atoms in total. The minimum Gasteiger partial charge on any atom is -0.437 e. The highest BCUT2D eigenvalue weighted by Crippen LogP contribution is 2.42. The Labute approximate surface area is 157 Å². The highest BCUT2D eigenvalue weighted by atomic mass is 16.3. The van der Waals surface area contributed by atoms with Crippen molar-refractivity contribution in [3.63, 3.8) is 0 Å². The number of fused-ring (bicyclic) bond motifs is 5. The van der Waals surface area contributed by atoms with Crippen molar-refractivity contribution in [2.45, 2.75) is 20.8 Å². The van der Waals surface area contributed by atoms with Crippen LogP contribution in [0.4, 0.5) is 0 Å². The molecule has 0 fully saturated rings. The lowest BCUT2D eigenvalue weighted by atomic mass is 9.93. The van der Waals surface area contributed by atoms with Crippen molar-refractivity contribution < 1.29 is 8.98 Å². The Morgan fingerprint density at radius 2 is 1.67 bits per heavy atom. The van der Waals surface area contributed by atoms with Gasteiger partial charge >= 0.3 is 0 Å². The highest BCUT2D eigenvalue weighted by Gasteiger charge is 2.24. The fourth-order valence-corrected chi connectivity index (χ4v) is 4.08. The van der Waals surface area contributed by atoms with Gasteiger partial charge in [0.2, 0.25) is 11.4 Å². The summed E-state index contributed by atoms with van der Waals surface area (Å²) in [6.45, 7) is 6.31. The van der Waals surface area contributed by atoms with E-state index in [-0.39, 0.29) is 0 Å². The number of nitrogens with zero attached hydrogens (tertiary/aromatic N) is 2. The van der Waals surface area contributed by atoms with Gasteiger partial charge in [-0.1, -0.05) is 24.3 Å². The first-order valence-corrected chi connectivity index (χ1v) is 9.22. The summed E-state index contributed by atoms with van der Waals surface area (Å²) in [7, 11) is 2.08. The molecule has 0 bridgehead atoms. The van der Waals surface area contributed by atoms with Crippen LogP contribution in [0.3, 0.4) is 0 Å². The number of pyridine rings is 2. The summed E-state index contributed by atoms with van der Waals surface area (Å²) in [4.78, 5) is 4.65. The van der Waals surface area contributed by atoms with Gasteiger partial charge in [0.05, 0.1) is 5.56 Å². The third-order valence-corrected chi connectivity index (χ3v) is 5.46. The normalized spacial score (nSPS) is 11.7. The summed E-state index contributed by atoms with van der Waals surface area (Å²) in [6.07, 6.45) is 2.11. The van der Waals surface area contributed by atoms with Crippen molar-refractivity contribution in [3.05, 3.63) is 71.5 Å². The van der Waals surface area contributed by atoms with Crippen molar-refractivity contribution >= 4 is 32.8 Å². The Balaban J connectivity index is 2.08. The smallest absolute Gasteiger partial charge is 0.227 e. The van der Waals surface area contributed by atoms with Crippen LogP contribution in [-0.2, 0) is 7.05 Å². The van der Waals surface area contributed by atoms with Crippen LogP contribution in [-0.4, -0.2) is 4.98 Å². The molecule has 3 aromatic heterocycles. The van der Waals surface area contributed by atoms with E-state index in [9.17, 15) is 0 Å². The molecule has 2 aromatic carbocycles. The van der Waals surface area contributed by atoms with E-state index in [1.807, 2.05) is 6.92 Å². The summed E-state index contributed by atoms with van der Waals surface area (Å²) < 4.78 is 8.54. The minimum atomic E-state index is 0.706. The average molecular weight is 353 g/mol. The number of hydrogen-bond acceptors (Lipinski definition) is 2. The van der Waals surface area contributed by atoms with Crippen LogP contribution >= 0.6 is 0 Å². The summed E-state index contributed by atoms with van der Waals surface area (Å²) in [6, 6.07) is 17.1. The molecule has 0 saturated heterocycles. The van der Waals surface area contributed by atoms with Gasteiger partial charge < -0.3 is 4.42 Å². The molecule has 0 N–H and O–H groups in total. The Kier molecular flexibility index (Phi) is 3.35. The van der Waals surface area contributed by atoms with E-state index in [1.165, 1.54) is 21.9 Å². The molecule has 0 amide bonds. The zero-order valence-electron chi connectivity index (χ0n) is 16.0. The molecule has 3 heteroatoms. The summed E-state index contributed by atoms with van der Waals surface area (Å²) >= 11 is 0. The van der Waals surface area contributed by atoms with Gasteiger partial charge in [-0.2, -0.15) is 0 Å². The monoisotopic (exact) mass is 353 g/mol. The summed E-state index contributed by atoms with van der Waals surface area (Å²) in [5, 5.41) is 4.69. The van der Waals surface area contributed by atoms with E-state index in [1.54, 1.807) is 0 Å². The molecular weight excluding hydrogens is 332 g/mol. The maximum atomic E-state index is 6.38. The molecular formula is C24H21N2O+. The van der Waals surface area contributed by atoms with Gasteiger partial charge in [0, 0.05) is 28.6 Å². The van der Waals surface area contributed by atoms with Gasteiger partial charge in [-0.15, -0.1) is 0 Å². The lowest BCUT2D eigenvalue weighted by molar-refractivity contribution is -0.660. The Morgan fingerprint density at radius 1 is 0.889 bits per heavy atom. The first-order valence-electron chi connectivity index (χ1n) is 9.22. The molecule has 132 valence electrons. The molecule has 0 aliphatic heterocycles. The van der Waals surface area contributed by atoms with Gasteiger partial charge in [-0.25, -0.2) is 9.55 Å². The number of furan rings is 1. The zero-order valence-corrected chi connectivity index (χ0v) is 16.0. The van der Waals surface area contributed by atoms with Crippen LogP contribution in [0.15, 0.2) is 59.1 Å². The second-order valence-electron chi connectivity index (χ2n) is 7.36. The molecule has 0 unspecified atom stereocenters. The average Bonchev–Trinajstić information content (AvgIpc) is 3.02. The van der Waals surface area contributed by atoms with Gasteiger partial charge in [0.25, 0.3) is 0 Å². The standard InChI is InChI=1S/C24H21N2O/c1-14-11-12-26(4)20(13-14)21-16(3)17-7-5-6-8-18(17)22-19-10-9-15(2)25-24(19)27-23(21)22/h5-13H,1-4H3/q+1. The highest BCUT2D eigenvalue weighted by molar-refractivity contribution is 6.22. The number of benzene rings is 2. The number of aryl methyl sites for hydroxylation is 4. The maximum absolute atomic E-state index is 6.38. The largest absolute Gasteiger partial charge is 0.437 e. The Bertz CT molecular complexity index is 1360. The third-order valence-electron chi connectivity index (χ3n) is 5.46. The molecule has 0 saturated carbocycles. The molecule has 0 aliphatic carbocycles. The van der Waals surface area contributed by atoms with E-state index in [4.69, 9.17) is 4.42 Å². The minimum absolute atomic E-state index is 0.706. The Hall–Kier alpha value is -3.20. The number of hydrogen-bond donors (Lipinski definition) is 0. The van der Waals surface area contributed by atoms with Crippen molar-refractivity contribution in [2.24, 2.45) is 7.05 Å². The van der Waals surface area contributed by atoms with Gasteiger partial charge in [-0.05, 0) is 54.8 Å². The van der Waals surface area contributed by atoms with Crippen molar-refractivity contribution in [1.29, 1.82) is 0 Å². The van der Waals surface area contributed by atoms with Crippen LogP contribution < -0.4 is 4.57 Å². The quantitative estimate of drug-likeness (QED) is 0.370. The second-order valence-corrected chi connectivity index (χ2v) is 7.36. The maximum Gasteiger partial charge on any atom is 0.227 e. The van der Waals surface area contributed by atoms with Gasteiger partial charge in [0.15, 0.2) is 11.8 Å². The summed E-state index contributed by atoms with van der Waals surface area (Å²) in [5.74, 6) is 0. The molecule has 0 atom stereocenters. The van der Waals surface area contributed by atoms with Crippen LogP contribution in [0.2, 0.25) is 0 Å². The van der Waals surface area contributed by atoms with Crippen LogP contribution in [0, 0.1) is 20.8 Å². The lowest BCUT2D eigenvalue weighted by Gasteiger charge is -2.10. The molecule has 0 aliphatic rings. The topological polar surface area (TPSA) is 29.9 Å². The number of aromatic nitrogens is 2.